The number of hydrogen-bond acceptors (Lipinski definition) is 4. The number of benzene rings is 2. The topological polar surface area (TPSA) is 67.2 Å². The Morgan fingerprint density at radius 1 is 1.09 bits per heavy atom. The fraction of sp³-hybridized carbons (Fsp3) is 0.0588. The number of carbonyl (C=O) groups is 1. The normalized spacial score (nSPS) is 10.4. The molecule has 5 nitrogen and oxygen atoms in total. The van der Waals surface area contributed by atoms with Gasteiger partial charge < -0.3 is 14.6 Å². The summed E-state index contributed by atoms with van der Waals surface area (Å²) in [5.41, 5.74) is 1.72. The molecule has 0 atom stereocenters. The van der Waals surface area contributed by atoms with Crippen LogP contribution in [0.3, 0.4) is 0 Å². The average Bonchev–Trinajstić information content (AvgIpc) is 3.01. The molecule has 0 saturated heterocycles. The van der Waals surface area contributed by atoms with Crippen LogP contribution >= 0.6 is 0 Å². The molecule has 0 bridgehead atoms. The van der Waals surface area contributed by atoms with Gasteiger partial charge >= 0.3 is 0 Å². The van der Waals surface area contributed by atoms with Crippen molar-refractivity contribution < 1.29 is 14.6 Å². The quantitative estimate of drug-likeness (QED) is 0.737. The summed E-state index contributed by atoms with van der Waals surface area (Å²) in [5, 5.41) is 15.8. The van der Waals surface area contributed by atoms with E-state index in [1.54, 1.807) is 18.2 Å². The van der Waals surface area contributed by atoms with E-state index in [1.807, 2.05) is 36.4 Å². The maximum Gasteiger partial charge on any atom is 0.128 e. The molecule has 0 amide bonds. The zero-order valence-corrected chi connectivity index (χ0v) is 11.9. The number of methoxy groups -OCH3 is 1. The van der Waals surface area contributed by atoms with Crippen molar-refractivity contribution in [1.82, 2.24) is 9.78 Å². The van der Waals surface area contributed by atoms with Crippen molar-refractivity contribution in [3.8, 4) is 22.7 Å². The predicted molar refractivity (Wildman–Crippen MR) is 79.9 cm³/mol. The van der Waals surface area contributed by atoms with Gasteiger partial charge in [0.25, 0.3) is 0 Å². The SMILES string of the molecule is COc1ccccc1-c1nn(-c2ccccc2)cc1C(=O)[O-]. The number of carboxylic acid groups (broad SMARTS) is 1. The van der Waals surface area contributed by atoms with Crippen LogP contribution in [0.4, 0.5) is 0 Å². The summed E-state index contributed by atoms with van der Waals surface area (Å²) < 4.78 is 6.81. The standard InChI is InChI=1S/C17H14N2O3/c1-22-15-10-6-5-9-13(15)16-14(17(20)21)11-19(18-16)12-7-3-2-4-8-12/h2-11H,1H3,(H,20,21)/p-1. The van der Waals surface area contributed by atoms with Crippen LogP contribution in [0.2, 0.25) is 0 Å². The lowest BCUT2D eigenvalue weighted by Gasteiger charge is -2.08. The molecule has 1 aromatic heterocycles. The predicted octanol–water partition coefficient (Wildman–Crippen LogP) is 1.91. The zero-order valence-electron chi connectivity index (χ0n) is 11.9. The highest BCUT2D eigenvalue weighted by molar-refractivity contribution is 5.94. The summed E-state index contributed by atoms with van der Waals surface area (Å²) >= 11 is 0. The van der Waals surface area contributed by atoms with E-state index in [-0.39, 0.29) is 5.56 Å². The molecule has 0 N–H and O–H groups in total. The molecule has 2 aromatic carbocycles. The first-order valence-corrected chi connectivity index (χ1v) is 6.70. The minimum Gasteiger partial charge on any atom is -0.545 e. The molecule has 0 saturated carbocycles. The van der Waals surface area contributed by atoms with E-state index in [1.165, 1.54) is 18.0 Å². The third-order valence-electron chi connectivity index (χ3n) is 3.32. The van der Waals surface area contributed by atoms with Crippen molar-refractivity contribution in [3.63, 3.8) is 0 Å². The Balaban J connectivity index is 2.19. The van der Waals surface area contributed by atoms with Crippen LogP contribution in [0.15, 0.2) is 60.8 Å². The van der Waals surface area contributed by atoms with Crippen LogP contribution in [0, 0.1) is 0 Å². The van der Waals surface area contributed by atoms with Crippen molar-refractivity contribution in [2.24, 2.45) is 0 Å². The van der Waals surface area contributed by atoms with E-state index in [0.29, 0.717) is 17.0 Å². The number of aromatic nitrogens is 2. The molecule has 0 fully saturated rings. The zero-order chi connectivity index (χ0) is 15.5. The van der Waals surface area contributed by atoms with Gasteiger partial charge in [-0.3, -0.25) is 0 Å². The van der Waals surface area contributed by atoms with Gasteiger partial charge in [0.05, 0.1) is 18.8 Å². The summed E-state index contributed by atoms with van der Waals surface area (Å²) in [7, 11) is 1.53. The highest BCUT2D eigenvalue weighted by Crippen LogP contribution is 2.31. The van der Waals surface area contributed by atoms with Gasteiger partial charge in [0.2, 0.25) is 0 Å². The molecule has 5 heteroatoms. The van der Waals surface area contributed by atoms with Crippen LogP contribution in [0.1, 0.15) is 10.4 Å². The number of aromatic carboxylic acids is 1. The van der Waals surface area contributed by atoms with E-state index in [4.69, 9.17) is 4.74 Å². The molecule has 0 aliphatic heterocycles. The first-order chi connectivity index (χ1) is 10.7. The second-order valence-electron chi connectivity index (χ2n) is 4.66. The number of carboxylic acids is 1. The van der Waals surface area contributed by atoms with Crippen LogP contribution in [0.25, 0.3) is 16.9 Å². The van der Waals surface area contributed by atoms with Crippen molar-refractivity contribution in [1.29, 1.82) is 0 Å². The third kappa shape index (κ3) is 2.44. The molecule has 0 radical (unpaired) electrons. The molecule has 0 unspecified atom stereocenters. The fourth-order valence-electron chi connectivity index (χ4n) is 2.28. The first-order valence-electron chi connectivity index (χ1n) is 6.70. The Morgan fingerprint density at radius 3 is 2.45 bits per heavy atom. The summed E-state index contributed by atoms with van der Waals surface area (Å²) in [6.45, 7) is 0. The van der Waals surface area contributed by atoms with Gasteiger partial charge in [-0.1, -0.05) is 30.3 Å². The lowest BCUT2D eigenvalue weighted by molar-refractivity contribution is -0.254. The molecule has 0 aliphatic rings. The molecule has 0 aliphatic carbocycles. The van der Waals surface area contributed by atoms with E-state index >= 15 is 0 Å². The molecule has 110 valence electrons. The second kappa shape index (κ2) is 5.73. The second-order valence-corrected chi connectivity index (χ2v) is 4.66. The van der Waals surface area contributed by atoms with Gasteiger partial charge in [0.1, 0.15) is 11.4 Å². The van der Waals surface area contributed by atoms with Gasteiger partial charge in [0.15, 0.2) is 0 Å². The van der Waals surface area contributed by atoms with E-state index in [0.717, 1.165) is 5.69 Å². The van der Waals surface area contributed by atoms with Crippen molar-refractivity contribution in [2.75, 3.05) is 7.11 Å². The van der Waals surface area contributed by atoms with Gasteiger partial charge in [-0.25, -0.2) is 4.68 Å². The number of ether oxygens (including phenoxy) is 1. The van der Waals surface area contributed by atoms with Crippen molar-refractivity contribution in [3.05, 3.63) is 66.4 Å². The monoisotopic (exact) mass is 293 g/mol. The van der Waals surface area contributed by atoms with Crippen LogP contribution in [-0.4, -0.2) is 22.9 Å². The summed E-state index contributed by atoms with van der Waals surface area (Å²) in [4.78, 5) is 11.4. The lowest BCUT2D eigenvalue weighted by Crippen LogP contribution is -2.22. The summed E-state index contributed by atoms with van der Waals surface area (Å²) in [5.74, 6) is -0.716. The number of para-hydroxylation sites is 2. The molecule has 3 aromatic rings. The maximum absolute atomic E-state index is 11.4. The molecule has 1 heterocycles. The van der Waals surface area contributed by atoms with Gasteiger partial charge in [-0.15, -0.1) is 0 Å². The molecule has 22 heavy (non-hydrogen) atoms. The van der Waals surface area contributed by atoms with Crippen LogP contribution < -0.4 is 9.84 Å². The number of nitrogens with zero attached hydrogens (tertiary/aromatic N) is 2. The fourth-order valence-corrected chi connectivity index (χ4v) is 2.28. The Bertz CT molecular complexity index is 810. The van der Waals surface area contributed by atoms with Crippen molar-refractivity contribution >= 4 is 5.97 Å². The Morgan fingerprint density at radius 2 is 1.77 bits per heavy atom. The molecule has 3 rings (SSSR count). The lowest BCUT2D eigenvalue weighted by atomic mass is 10.1. The van der Waals surface area contributed by atoms with Gasteiger partial charge in [-0.05, 0) is 24.3 Å². The minimum atomic E-state index is -1.27. The van der Waals surface area contributed by atoms with Gasteiger partial charge in [-0.2, -0.15) is 5.10 Å². The summed E-state index contributed by atoms with van der Waals surface area (Å²) in [6, 6.07) is 16.4. The molecule has 0 spiro atoms. The van der Waals surface area contributed by atoms with Crippen LogP contribution in [-0.2, 0) is 0 Å². The van der Waals surface area contributed by atoms with E-state index in [9.17, 15) is 9.90 Å². The van der Waals surface area contributed by atoms with E-state index < -0.39 is 5.97 Å². The maximum atomic E-state index is 11.4. The van der Waals surface area contributed by atoms with Crippen LogP contribution in [0.5, 0.6) is 5.75 Å². The number of hydrogen-bond donors (Lipinski definition) is 0. The average molecular weight is 293 g/mol. The molecular formula is C17H13N2O3-. The van der Waals surface area contributed by atoms with E-state index in [2.05, 4.69) is 5.10 Å². The van der Waals surface area contributed by atoms with Gasteiger partial charge in [0, 0.05) is 17.3 Å². The Kier molecular flexibility index (Phi) is 3.62. The Labute approximate surface area is 127 Å². The largest absolute Gasteiger partial charge is 0.545 e. The number of rotatable bonds is 4. The first kappa shape index (κ1) is 13.9. The smallest absolute Gasteiger partial charge is 0.128 e. The minimum absolute atomic E-state index is 0.0216. The highest BCUT2D eigenvalue weighted by atomic mass is 16.5. The molecular weight excluding hydrogens is 280 g/mol. The summed E-state index contributed by atoms with van der Waals surface area (Å²) in [6.07, 6.45) is 1.45. The number of carbonyl (C=O) groups excluding carboxylic acids is 1. The third-order valence-corrected chi connectivity index (χ3v) is 3.32. The highest BCUT2D eigenvalue weighted by Gasteiger charge is 2.16. The van der Waals surface area contributed by atoms with Crippen molar-refractivity contribution in [2.45, 2.75) is 0 Å². The Hall–Kier alpha value is -3.08.